The normalized spacial score (nSPS) is 18.9. The molecule has 1 aromatic carbocycles. The van der Waals surface area contributed by atoms with Crippen molar-refractivity contribution in [2.24, 2.45) is 0 Å². The van der Waals surface area contributed by atoms with Crippen LogP contribution in [-0.2, 0) is 4.79 Å². The van der Waals surface area contributed by atoms with Crippen LogP contribution in [0.3, 0.4) is 0 Å². The number of fused-ring (bicyclic) bond motifs is 1. The molecule has 0 saturated carbocycles. The number of H-pyrrole nitrogens is 1. The van der Waals surface area contributed by atoms with Crippen LogP contribution in [-0.4, -0.2) is 61.4 Å². The molecule has 0 radical (unpaired) electrons. The molecule has 7 nitrogen and oxygen atoms in total. The summed E-state index contributed by atoms with van der Waals surface area (Å²) in [5.41, 5.74) is 1.84. The van der Waals surface area contributed by atoms with Crippen LogP contribution in [0.25, 0.3) is 11.0 Å². The molecule has 3 rings (SSSR count). The molecule has 110 valence electrons. The van der Waals surface area contributed by atoms with E-state index in [1.807, 2.05) is 0 Å². The minimum atomic E-state index is -0.882. The molecule has 0 spiro atoms. The largest absolute Gasteiger partial charge is 0.481 e. The fourth-order valence-electron chi connectivity index (χ4n) is 2.43. The number of aromatic nitrogens is 3. The van der Waals surface area contributed by atoms with E-state index in [4.69, 9.17) is 5.11 Å². The fourth-order valence-corrected chi connectivity index (χ4v) is 3.49. The topological polar surface area (TPSA) is 99.2 Å². The van der Waals surface area contributed by atoms with Crippen molar-refractivity contribution in [2.45, 2.75) is 12.5 Å². The number of carboxylic acids is 1. The molecule has 1 saturated heterocycles. The number of rotatable bonds is 3. The van der Waals surface area contributed by atoms with Gasteiger partial charge in [0, 0.05) is 23.6 Å². The number of nitrogens with zero attached hydrogens (tertiary/aromatic N) is 3. The van der Waals surface area contributed by atoms with Crippen molar-refractivity contribution in [2.75, 3.05) is 18.1 Å². The van der Waals surface area contributed by atoms with E-state index in [1.54, 1.807) is 34.9 Å². The Bertz CT molecular complexity index is 687. The van der Waals surface area contributed by atoms with Crippen LogP contribution in [0.2, 0.25) is 0 Å². The third kappa shape index (κ3) is 2.85. The third-order valence-corrected chi connectivity index (χ3v) is 4.55. The van der Waals surface area contributed by atoms with Gasteiger partial charge in [-0.3, -0.25) is 9.59 Å². The zero-order valence-electron chi connectivity index (χ0n) is 11.2. The Morgan fingerprint density at radius 2 is 2.19 bits per heavy atom. The Morgan fingerprint density at radius 3 is 3.00 bits per heavy atom. The SMILES string of the molecule is O=C(O)CC1CSCCN1C(=O)c1ccc2n[nH]nc2c1. The molecule has 0 bridgehead atoms. The van der Waals surface area contributed by atoms with Gasteiger partial charge in [-0.25, -0.2) is 0 Å². The minimum absolute atomic E-state index is 0.0229. The molecule has 1 atom stereocenters. The van der Waals surface area contributed by atoms with E-state index in [0.717, 1.165) is 5.75 Å². The van der Waals surface area contributed by atoms with Crippen LogP contribution in [0.15, 0.2) is 18.2 Å². The van der Waals surface area contributed by atoms with Gasteiger partial charge in [-0.1, -0.05) is 0 Å². The first kappa shape index (κ1) is 13.9. The standard InChI is InChI=1S/C13H14N4O3S/c18-12(19)6-9-7-21-4-3-17(9)13(20)8-1-2-10-11(5-8)15-16-14-10/h1-2,5,9H,3-4,6-7H2,(H,18,19)(H,14,15,16). The number of aromatic amines is 1. The van der Waals surface area contributed by atoms with Gasteiger partial charge < -0.3 is 10.0 Å². The minimum Gasteiger partial charge on any atom is -0.481 e. The van der Waals surface area contributed by atoms with E-state index in [2.05, 4.69) is 15.4 Å². The first-order valence-electron chi connectivity index (χ1n) is 6.56. The van der Waals surface area contributed by atoms with Gasteiger partial charge in [0.05, 0.1) is 12.5 Å². The van der Waals surface area contributed by atoms with Crippen molar-refractivity contribution >= 4 is 34.7 Å². The van der Waals surface area contributed by atoms with Crippen molar-refractivity contribution < 1.29 is 14.7 Å². The quantitative estimate of drug-likeness (QED) is 0.877. The van der Waals surface area contributed by atoms with E-state index in [1.165, 1.54) is 0 Å². The zero-order chi connectivity index (χ0) is 14.8. The average Bonchev–Trinajstić information content (AvgIpc) is 2.94. The molecular formula is C13H14N4O3S. The molecule has 2 aromatic rings. The van der Waals surface area contributed by atoms with Gasteiger partial charge in [0.1, 0.15) is 11.0 Å². The lowest BCUT2D eigenvalue weighted by atomic mass is 10.1. The average molecular weight is 306 g/mol. The van der Waals surface area contributed by atoms with Crippen LogP contribution < -0.4 is 0 Å². The first-order valence-corrected chi connectivity index (χ1v) is 7.71. The Balaban J connectivity index is 1.85. The smallest absolute Gasteiger partial charge is 0.305 e. The number of carbonyl (C=O) groups excluding carboxylic acids is 1. The summed E-state index contributed by atoms with van der Waals surface area (Å²) in [6, 6.07) is 4.85. The van der Waals surface area contributed by atoms with Gasteiger partial charge >= 0.3 is 5.97 Å². The Labute approximate surface area is 124 Å². The van der Waals surface area contributed by atoms with Gasteiger partial charge in [0.2, 0.25) is 0 Å². The van der Waals surface area contributed by atoms with Crippen molar-refractivity contribution in [1.82, 2.24) is 20.3 Å². The van der Waals surface area contributed by atoms with Gasteiger partial charge in [-0.2, -0.15) is 27.2 Å². The molecule has 2 heterocycles. The molecule has 1 unspecified atom stereocenters. The van der Waals surface area contributed by atoms with Gasteiger partial charge in [-0.05, 0) is 18.2 Å². The zero-order valence-corrected chi connectivity index (χ0v) is 12.0. The van der Waals surface area contributed by atoms with Crippen molar-refractivity contribution in [3.8, 4) is 0 Å². The highest BCUT2D eigenvalue weighted by Crippen LogP contribution is 2.22. The summed E-state index contributed by atoms with van der Waals surface area (Å²) < 4.78 is 0. The maximum absolute atomic E-state index is 12.6. The Morgan fingerprint density at radius 1 is 1.38 bits per heavy atom. The maximum atomic E-state index is 12.6. The molecule has 1 amide bonds. The molecule has 1 aliphatic heterocycles. The maximum Gasteiger partial charge on any atom is 0.305 e. The highest BCUT2D eigenvalue weighted by Gasteiger charge is 2.29. The second-order valence-corrected chi connectivity index (χ2v) is 6.00. The predicted molar refractivity (Wildman–Crippen MR) is 78.3 cm³/mol. The molecule has 1 aromatic heterocycles. The number of nitrogens with one attached hydrogen (secondary N) is 1. The fraction of sp³-hybridized carbons (Fsp3) is 0.385. The van der Waals surface area contributed by atoms with Gasteiger partial charge in [0.15, 0.2) is 0 Å². The van der Waals surface area contributed by atoms with E-state index in [0.29, 0.717) is 28.9 Å². The summed E-state index contributed by atoms with van der Waals surface area (Å²) in [4.78, 5) is 25.2. The summed E-state index contributed by atoms with van der Waals surface area (Å²) >= 11 is 1.68. The van der Waals surface area contributed by atoms with E-state index >= 15 is 0 Å². The van der Waals surface area contributed by atoms with Gasteiger partial charge in [-0.15, -0.1) is 0 Å². The number of hydrogen-bond acceptors (Lipinski definition) is 5. The molecular weight excluding hydrogens is 292 g/mol. The third-order valence-electron chi connectivity index (χ3n) is 3.46. The van der Waals surface area contributed by atoms with E-state index < -0.39 is 5.97 Å². The molecule has 0 aliphatic carbocycles. The lowest BCUT2D eigenvalue weighted by Crippen LogP contribution is -2.47. The monoisotopic (exact) mass is 306 g/mol. The number of benzene rings is 1. The lowest BCUT2D eigenvalue weighted by molar-refractivity contribution is -0.138. The van der Waals surface area contributed by atoms with Crippen LogP contribution in [0.1, 0.15) is 16.8 Å². The van der Waals surface area contributed by atoms with Crippen molar-refractivity contribution in [1.29, 1.82) is 0 Å². The number of amides is 1. The molecule has 8 heteroatoms. The van der Waals surface area contributed by atoms with Crippen molar-refractivity contribution in [3.05, 3.63) is 23.8 Å². The van der Waals surface area contributed by atoms with Crippen molar-refractivity contribution in [3.63, 3.8) is 0 Å². The van der Waals surface area contributed by atoms with E-state index in [-0.39, 0.29) is 18.4 Å². The van der Waals surface area contributed by atoms with Crippen LogP contribution >= 0.6 is 11.8 Å². The summed E-state index contributed by atoms with van der Waals surface area (Å²) in [5.74, 6) is 0.455. The number of hydrogen-bond donors (Lipinski definition) is 2. The summed E-state index contributed by atoms with van der Waals surface area (Å²) in [6.07, 6.45) is -0.0229. The molecule has 1 fully saturated rings. The Kier molecular flexibility index (Phi) is 3.78. The lowest BCUT2D eigenvalue weighted by Gasteiger charge is -2.34. The highest BCUT2D eigenvalue weighted by molar-refractivity contribution is 7.99. The summed E-state index contributed by atoms with van der Waals surface area (Å²) in [5, 5.41) is 19.4. The second kappa shape index (κ2) is 5.72. The van der Waals surface area contributed by atoms with Crippen LogP contribution in [0.4, 0.5) is 0 Å². The van der Waals surface area contributed by atoms with E-state index in [9.17, 15) is 9.59 Å². The molecule has 2 N–H and O–H groups in total. The number of carboxylic acid groups (broad SMARTS) is 1. The summed E-state index contributed by atoms with van der Waals surface area (Å²) in [7, 11) is 0. The van der Waals surface area contributed by atoms with Crippen LogP contribution in [0, 0.1) is 0 Å². The Hall–Kier alpha value is -2.09. The summed E-state index contributed by atoms with van der Waals surface area (Å²) in [6.45, 7) is 0.568. The van der Waals surface area contributed by atoms with Gasteiger partial charge in [0.25, 0.3) is 5.91 Å². The first-order chi connectivity index (χ1) is 10.1. The highest BCUT2D eigenvalue weighted by atomic mass is 32.2. The predicted octanol–water partition coefficient (Wildman–Crippen LogP) is 0.990. The molecule has 21 heavy (non-hydrogen) atoms. The van der Waals surface area contributed by atoms with Crippen LogP contribution in [0.5, 0.6) is 0 Å². The molecule has 1 aliphatic rings. The number of carbonyl (C=O) groups is 2. The number of thioether (sulfide) groups is 1. The second-order valence-electron chi connectivity index (χ2n) is 4.85. The number of aliphatic carboxylic acids is 1.